The van der Waals surface area contributed by atoms with E-state index in [9.17, 15) is 8.78 Å². The molecule has 5 heteroatoms. The highest BCUT2D eigenvalue weighted by Crippen LogP contribution is 2.34. The minimum atomic E-state index is -0.865. The molecule has 0 aliphatic heterocycles. The SMILES string of the molecule is CC(C)(C)n1cc(-c2ccc(F)c(F)c2)c2ccc(Cl)nc21. The van der Waals surface area contributed by atoms with Gasteiger partial charge in [-0.15, -0.1) is 0 Å². The van der Waals surface area contributed by atoms with E-state index in [2.05, 4.69) is 4.98 Å². The number of rotatable bonds is 1. The summed E-state index contributed by atoms with van der Waals surface area (Å²) in [5.74, 6) is -1.72. The quantitative estimate of drug-likeness (QED) is 0.550. The lowest BCUT2D eigenvalue weighted by molar-refractivity contribution is 0.409. The van der Waals surface area contributed by atoms with E-state index >= 15 is 0 Å². The Morgan fingerprint density at radius 1 is 1.05 bits per heavy atom. The fourth-order valence-corrected chi connectivity index (χ4v) is 2.63. The molecule has 22 heavy (non-hydrogen) atoms. The standard InChI is InChI=1S/C17H15ClF2N2/c1-17(2,3)22-9-12(10-4-6-13(19)14(20)8-10)11-5-7-15(18)21-16(11)22/h4-9H,1-3H3. The number of halogens is 3. The number of hydrogen-bond donors (Lipinski definition) is 0. The first-order valence-electron chi connectivity index (χ1n) is 6.91. The molecule has 114 valence electrons. The fraction of sp³-hybridized carbons (Fsp3) is 0.235. The van der Waals surface area contributed by atoms with Crippen LogP contribution in [0.2, 0.25) is 5.15 Å². The van der Waals surface area contributed by atoms with Crippen molar-refractivity contribution < 1.29 is 8.78 Å². The smallest absolute Gasteiger partial charge is 0.159 e. The molecule has 0 saturated carbocycles. The third-order valence-corrected chi connectivity index (χ3v) is 3.78. The van der Waals surface area contributed by atoms with Crippen LogP contribution in [0.25, 0.3) is 22.2 Å². The van der Waals surface area contributed by atoms with Crippen LogP contribution >= 0.6 is 11.6 Å². The molecule has 0 N–H and O–H groups in total. The van der Waals surface area contributed by atoms with Crippen molar-refractivity contribution in [2.24, 2.45) is 0 Å². The summed E-state index contributed by atoms with van der Waals surface area (Å²) >= 11 is 6.01. The maximum Gasteiger partial charge on any atom is 0.159 e. The van der Waals surface area contributed by atoms with Gasteiger partial charge in [-0.3, -0.25) is 0 Å². The van der Waals surface area contributed by atoms with E-state index in [1.165, 1.54) is 6.07 Å². The number of aromatic nitrogens is 2. The molecule has 2 heterocycles. The highest BCUT2D eigenvalue weighted by atomic mass is 35.5. The Hall–Kier alpha value is -1.94. The van der Waals surface area contributed by atoms with E-state index in [1.54, 1.807) is 12.1 Å². The summed E-state index contributed by atoms with van der Waals surface area (Å²) < 4.78 is 28.7. The average molecular weight is 321 g/mol. The van der Waals surface area contributed by atoms with Gasteiger partial charge in [0.2, 0.25) is 0 Å². The van der Waals surface area contributed by atoms with Crippen molar-refractivity contribution in [3.8, 4) is 11.1 Å². The highest BCUT2D eigenvalue weighted by Gasteiger charge is 2.20. The van der Waals surface area contributed by atoms with Crippen LogP contribution in [-0.2, 0) is 5.54 Å². The Bertz CT molecular complexity index is 863. The number of nitrogens with zero attached hydrogens (tertiary/aromatic N) is 2. The Labute approximate surface area is 132 Å². The van der Waals surface area contributed by atoms with E-state index in [0.29, 0.717) is 10.7 Å². The van der Waals surface area contributed by atoms with Crippen LogP contribution in [-0.4, -0.2) is 9.55 Å². The van der Waals surface area contributed by atoms with Crippen LogP contribution in [0.15, 0.2) is 36.5 Å². The molecular formula is C17H15ClF2N2. The highest BCUT2D eigenvalue weighted by molar-refractivity contribution is 6.29. The van der Waals surface area contributed by atoms with Crippen molar-refractivity contribution in [3.63, 3.8) is 0 Å². The van der Waals surface area contributed by atoms with Crippen LogP contribution < -0.4 is 0 Å². The summed E-state index contributed by atoms with van der Waals surface area (Å²) in [4.78, 5) is 4.39. The zero-order valence-corrected chi connectivity index (χ0v) is 13.2. The Kier molecular flexibility index (Phi) is 3.44. The van der Waals surface area contributed by atoms with Gasteiger partial charge >= 0.3 is 0 Å². The van der Waals surface area contributed by atoms with Gasteiger partial charge in [0.05, 0.1) is 0 Å². The predicted molar refractivity (Wildman–Crippen MR) is 85.1 cm³/mol. The second-order valence-corrected chi connectivity index (χ2v) is 6.60. The molecule has 0 radical (unpaired) electrons. The number of pyridine rings is 1. The molecule has 1 aromatic carbocycles. The summed E-state index contributed by atoms with van der Waals surface area (Å²) in [6.45, 7) is 6.14. The van der Waals surface area contributed by atoms with Gasteiger partial charge in [0.1, 0.15) is 10.8 Å². The third kappa shape index (κ3) is 2.48. The van der Waals surface area contributed by atoms with Crippen molar-refractivity contribution in [2.75, 3.05) is 0 Å². The topological polar surface area (TPSA) is 17.8 Å². The summed E-state index contributed by atoms with van der Waals surface area (Å²) in [5.41, 5.74) is 1.91. The molecule has 0 fully saturated rings. The van der Waals surface area contributed by atoms with Crippen LogP contribution in [0.5, 0.6) is 0 Å². The predicted octanol–water partition coefficient (Wildman–Crippen LogP) is 5.39. The van der Waals surface area contributed by atoms with Gasteiger partial charge in [0.25, 0.3) is 0 Å². The largest absolute Gasteiger partial charge is 0.327 e. The first-order chi connectivity index (χ1) is 10.3. The first kappa shape index (κ1) is 15.0. The van der Waals surface area contributed by atoms with Gasteiger partial charge < -0.3 is 4.57 Å². The van der Waals surface area contributed by atoms with Gasteiger partial charge in [-0.25, -0.2) is 13.8 Å². The van der Waals surface area contributed by atoms with Crippen LogP contribution in [0.4, 0.5) is 8.78 Å². The molecular weight excluding hydrogens is 306 g/mol. The molecule has 3 aromatic rings. The molecule has 0 unspecified atom stereocenters. The molecule has 0 aliphatic rings. The van der Waals surface area contributed by atoms with E-state index in [1.807, 2.05) is 37.6 Å². The first-order valence-corrected chi connectivity index (χ1v) is 7.28. The maximum atomic E-state index is 13.6. The third-order valence-electron chi connectivity index (χ3n) is 3.57. The van der Waals surface area contributed by atoms with Crippen LogP contribution in [0.3, 0.4) is 0 Å². The molecule has 0 atom stereocenters. The van der Waals surface area contributed by atoms with E-state index < -0.39 is 11.6 Å². The second kappa shape index (κ2) is 5.06. The Morgan fingerprint density at radius 3 is 2.41 bits per heavy atom. The van der Waals surface area contributed by atoms with E-state index in [-0.39, 0.29) is 5.54 Å². The van der Waals surface area contributed by atoms with Crippen LogP contribution in [0.1, 0.15) is 20.8 Å². The van der Waals surface area contributed by atoms with Crippen molar-refractivity contribution in [3.05, 3.63) is 53.3 Å². The number of benzene rings is 1. The fourth-order valence-electron chi connectivity index (χ4n) is 2.48. The van der Waals surface area contributed by atoms with Gasteiger partial charge in [0.15, 0.2) is 11.6 Å². The molecule has 2 nitrogen and oxygen atoms in total. The van der Waals surface area contributed by atoms with Crippen molar-refractivity contribution in [1.82, 2.24) is 9.55 Å². The van der Waals surface area contributed by atoms with Gasteiger partial charge in [-0.2, -0.15) is 0 Å². The zero-order chi connectivity index (χ0) is 16.1. The molecule has 2 aromatic heterocycles. The summed E-state index contributed by atoms with van der Waals surface area (Å²) in [7, 11) is 0. The van der Waals surface area contributed by atoms with Crippen LogP contribution in [0, 0.1) is 11.6 Å². The molecule has 3 rings (SSSR count). The van der Waals surface area contributed by atoms with Gasteiger partial charge in [0, 0.05) is 22.7 Å². The second-order valence-electron chi connectivity index (χ2n) is 6.22. The van der Waals surface area contributed by atoms with E-state index in [0.717, 1.165) is 22.7 Å². The molecule has 0 spiro atoms. The van der Waals surface area contributed by atoms with Crippen molar-refractivity contribution in [2.45, 2.75) is 26.3 Å². The average Bonchev–Trinajstić information content (AvgIpc) is 2.80. The molecule has 0 aliphatic carbocycles. The molecule has 0 amide bonds. The van der Waals surface area contributed by atoms with Crippen molar-refractivity contribution in [1.29, 1.82) is 0 Å². The van der Waals surface area contributed by atoms with Crippen molar-refractivity contribution >= 4 is 22.6 Å². The zero-order valence-electron chi connectivity index (χ0n) is 12.5. The van der Waals surface area contributed by atoms with Gasteiger partial charge in [-0.1, -0.05) is 17.7 Å². The Morgan fingerprint density at radius 2 is 1.77 bits per heavy atom. The maximum absolute atomic E-state index is 13.6. The molecule has 0 saturated heterocycles. The van der Waals surface area contributed by atoms with E-state index in [4.69, 9.17) is 11.6 Å². The molecule has 0 bridgehead atoms. The van der Waals surface area contributed by atoms with Gasteiger partial charge in [-0.05, 0) is 50.6 Å². The Balaban J connectivity index is 2.32. The summed E-state index contributed by atoms with van der Waals surface area (Å²) in [5, 5.41) is 1.25. The monoisotopic (exact) mass is 320 g/mol. The normalized spacial score (nSPS) is 12.1. The lowest BCUT2D eigenvalue weighted by atomic mass is 10.1. The minimum Gasteiger partial charge on any atom is -0.327 e. The summed E-state index contributed by atoms with van der Waals surface area (Å²) in [6, 6.07) is 7.44. The number of hydrogen-bond acceptors (Lipinski definition) is 1. The summed E-state index contributed by atoms with van der Waals surface area (Å²) in [6.07, 6.45) is 1.90. The lowest BCUT2D eigenvalue weighted by Crippen LogP contribution is -2.20. The number of fused-ring (bicyclic) bond motifs is 1. The lowest BCUT2D eigenvalue weighted by Gasteiger charge is -2.21. The minimum absolute atomic E-state index is 0.216.